The van der Waals surface area contributed by atoms with Gasteiger partial charge >= 0.3 is 5.51 Å². The molecule has 140 valence electrons. The number of hydrogen-bond acceptors (Lipinski definition) is 8. The monoisotopic (exact) mass is 408 g/mol. The van der Waals surface area contributed by atoms with Crippen molar-refractivity contribution >= 4 is 34.1 Å². The summed E-state index contributed by atoms with van der Waals surface area (Å²) >= 11 is 0.933. The van der Waals surface area contributed by atoms with Crippen LogP contribution >= 0.6 is 11.5 Å². The largest absolute Gasteiger partial charge is 0.490 e. The Hall–Kier alpha value is -2.38. The van der Waals surface area contributed by atoms with Gasteiger partial charge in [-0.15, -0.1) is 0 Å². The molecule has 0 spiro atoms. The molecule has 0 aliphatic rings. The molecule has 1 aromatic heterocycles. The second-order valence-corrected chi connectivity index (χ2v) is 6.32. The van der Waals surface area contributed by atoms with Crippen molar-refractivity contribution < 1.29 is 31.6 Å². The average molecular weight is 408 g/mol. The predicted molar refractivity (Wildman–Crippen MR) is 87.2 cm³/mol. The summed E-state index contributed by atoms with van der Waals surface area (Å²) in [7, 11) is -2.30. The third-order valence-corrected chi connectivity index (χ3v) is 3.98. The van der Waals surface area contributed by atoms with Crippen LogP contribution in [0.3, 0.4) is 0 Å². The van der Waals surface area contributed by atoms with Gasteiger partial charge in [0, 0.05) is 24.2 Å². The molecule has 1 amide bonds. The van der Waals surface area contributed by atoms with Crippen LogP contribution in [0.2, 0.25) is 0 Å². The highest BCUT2D eigenvalue weighted by atomic mass is 32.2. The Morgan fingerprint density at radius 1 is 1.38 bits per heavy atom. The molecule has 0 aliphatic carbocycles. The fourth-order valence-corrected chi connectivity index (χ4v) is 2.44. The molecule has 0 radical (unpaired) electrons. The number of para-hydroxylation sites is 1. The van der Waals surface area contributed by atoms with Gasteiger partial charge in [-0.05, 0) is 12.1 Å². The molecule has 2 rings (SSSR count). The van der Waals surface area contributed by atoms with Gasteiger partial charge < -0.3 is 9.47 Å². The predicted octanol–water partition coefficient (Wildman–Crippen LogP) is 2.02. The highest BCUT2D eigenvalue weighted by Gasteiger charge is 2.39. The van der Waals surface area contributed by atoms with Crippen LogP contribution in [0.1, 0.15) is 5.56 Å². The molecule has 2 aromatic rings. The van der Waals surface area contributed by atoms with Gasteiger partial charge in [-0.1, -0.05) is 12.1 Å². The summed E-state index contributed by atoms with van der Waals surface area (Å²) in [6.45, 7) is -0.311. The fraction of sp³-hybridized carbons (Fsp3) is 0.231. The quantitative estimate of drug-likeness (QED) is 0.704. The Kier molecular flexibility index (Phi) is 6.76. The van der Waals surface area contributed by atoms with Gasteiger partial charge in [0.15, 0.2) is 0 Å². The summed E-state index contributed by atoms with van der Waals surface area (Å²) in [5.74, 6) is -1.20. The van der Waals surface area contributed by atoms with Crippen molar-refractivity contribution in [1.29, 1.82) is 0 Å². The van der Waals surface area contributed by atoms with Crippen molar-refractivity contribution in [2.75, 3.05) is 13.8 Å². The van der Waals surface area contributed by atoms with Crippen LogP contribution in [0, 0.1) is 0 Å². The molecule has 0 fully saturated rings. The van der Waals surface area contributed by atoms with Crippen LogP contribution in [0.15, 0.2) is 35.6 Å². The van der Waals surface area contributed by atoms with Crippen LogP contribution in [-0.2, 0) is 20.5 Å². The van der Waals surface area contributed by atoms with E-state index in [4.69, 9.17) is 9.47 Å². The summed E-state index contributed by atoms with van der Waals surface area (Å²) in [6, 6.07) is 5.98. The van der Waals surface area contributed by atoms with Gasteiger partial charge in [-0.25, -0.2) is 4.21 Å². The molecular formula is C13H11F3N4O4S2. The number of carbonyl (C=O) groups excluding carboxylic acids is 1. The summed E-state index contributed by atoms with van der Waals surface area (Å²) < 4.78 is 63.8. The number of ether oxygens (including phenoxy) is 2. The fourth-order valence-electron chi connectivity index (χ4n) is 1.65. The Balaban J connectivity index is 2.35. The summed E-state index contributed by atoms with van der Waals surface area (Å²) in [5, 5.41) is 0.155. The molecule has 0 saturated heterocycles. The van der Waals surface area contributed by atoms with Crippen molar-refractivity contribution in [3.05, 3.63) is 36.2 Å². The molecule has 0 bridgehead atoms. The van der Waals surface area contributed by atoms with Gasteiger partial charge in [0.25, 0.3) is 11.1 Å². The van der Waals surface area contributed by atoms with Crippen LogP contribution in [0.4, 0.5) is 13.2 Å². The van der Waals surface area contributed by atoms with Gasteiger partial charge in [0.1, 0.15) is 24.5 Å². The Labute approximate surface area is 151 Å². The Bertz CT molecular complexity index is 812. The number of methoxy groups -OCH3 is 1. The van der Waals surface area contributed by atoms with Crippen molar-refractivity contribution in [1.82, 2.24) is 14.1 Å². The first-order valence-electron chi connectivity index (χ1n) is 6.70. The lowest BCUT2D eigenvalue weighted by Crippen LogP contribution is -2.39. The number of aromatic nitrogens is 2. The van der Waals surface area contributed by atoms with Crippen LogP contribution in [0.5, 0.6) is 10.9 Å². The van der Waals surface area contributed by atoms with Crippen LogP contribution in [0.25, 0.3) is 0 Å². The first kappa shape index (κ1) is 19.9. The topological polar surface area (TPSA) is 103 Å². The zero-order chi connectivity index (χ0) is 19.2. The van der Waals surface area contributed by atoms with E-state index in [0.29, 0.717) is 0 Å². The number of benzene rings is 1. The minimum Gasteiger partial charge on any atom is -0.429 e. The molecule has 1 unspecified atom stereocenters. The molecular weight excluding hydrogens is 397 g/mol. The minimum absolute atomic E-state index is 0.0661. The van der Waals surface area contributed by atoms with Gasteiger partial charge in [0.2, 0.25) is 11.0 Å². The van der Waals surface area contributed by atoms with E-state index < -0.39 is 28.1 Å². The number of carbonyl (C=O) groups is 1. The van der Waals surface area contributed by atoms with Crippen molar-refractivity contribution in [3.63, 3.8) is 0 Å². The molecule has 0 aliphatic heterocycles. The number of alkyl halides is 3. The van der Waals surface area contributed by atoms with E-state index in [1.54, 1.807) is 6.07 Å². The first-order chi connectivity index (χ1) is 12.3. The van der Waals surface area contributed by atoms with E-state index in [9.17, 15) is 22.2 Å². The van der Waals surface area contributed by atoms with Crippen molar-refractivity contribution in [2.45, 2.75) is 5.51 Å². The SMILES string of the molecule is COC/N=C(/C(=O)NS(=O)C(F)(F)F)c1ccccc1Oc1ncns1. The highest BCUT2D eigenvalue weighted by molar-refractivity contribution is 7.84. The number of nitrogens with zero attached hydrogens (tertiary/aromatic N) is 3. The molecule has 1 atom stereocenters. The summed E-state index contributed by atoms with van der Waals surface area (Å²) in [6.07, 6.45) is 1.25. The smallest absolute Gasteiger partial charge is 0.429 e. The summed E-state index contributed by atoms with van der Waals surface area (Å²) in [5.41, 5.74) is -5.48. The lowest BCUT2D eigenvalue weighted by molar-refractivity contribution is -0.113. The standard InChI is InChI=1S/C13H11F3N4O4S2/c1-23-7-18-10(11(21)20-26(22)13(14,15)16)8-4-2-3-5-9(8)24-12-17-6-19-25-12/h2-6H,7H2,1H3,(H,20,21)/b18-10+. The Morgan fingerprint density at radius 2 is 2.12 bits per heavy atom. The summed E-state index contributed by atoms with van der Waals surface area (Å²) in [4.78, 5) is 19.8. The van der Waals surface area contributed by atoms with E-state index in [1.807, 2.05) is 0 Å². The lowest BCUT2D eigenvalue weighted by atomic mass is 10.1. The molecule has 1 aromatic carbocycles. The molecule has 1 N–H and O–H groups in total. The first-order valence-corrected chi connectivity index (χ1v) is 8.62. The number of rotatable bonds is 7. The zero-order valence-electron chi connectivity index (χ0n) is 13.0. The van der Waals surface area contributed by atoms with Crippen molar-refractivity contribution in [2.24, 2.45) is 4.99 Å². The van der Waals surface area contributed by atoms with E-state index in [0.717, 1.165) is 11.5 Å². The normalized spacial score (nSPS) is 13.3. The third-order valence-electron chi connectivity index (χ3n) is 2.64. The van der Waals surface area contributed by atoms with E-state index in [2.05, 4.69) is 14.3 Å². The number of halogens is 3. The van der Waals surface area contributed by atoms with Gasteiger partial charge in [0.05, 0.1) is 0 Å². The van der Waals surface area contributed by atoms with E-state index in [1.165, 1.54) is 36.4 Å². The number of hydrogen-bond donors (Lipinski definition) is 1. The van der Waals surface area contributed by atoms with Gasteiger partial charge in [-0.3, -0.25) is 14.5 Å². The molecule has 26 heavy (non-hydrogen) atoms. The maximum absolute atomic E-state index is 12.4. The van der Waals surface area contributed by atoms with Crippen molar-refractivity contribution in [3.8, 4) is 10.9 Å². The lowest BCUT2D eigenvalue weighted by Gasteiger charge is -2.12. The Morgan fingerprint density at radius 3 is 2.73 bits per heavy atom. The second-order valence-electron chi connectivity index (χ2n) is 4.38. The third kappa shape index (κ3) is 5.31. The van der Waals surface area contributed by atoms with E-state index >= 15 is 0 Å². The molecule has 0 saturated carbocycles. The maximum Gasteiger partial charge on any atom is 0.490 e. The zero-order valence-corrected chi connectivity index (χ0v) is 14.7. The average Bonchev–Trinajstić information content (AvgIpc) is 3.08. The van der Waals surface area contributed by atoms with Crippen LogP contribution in [-0.4, -0.2) is 44.5 Å². The van der Waals surface area contributed by atoms with Gasteiger partial charge in [-0.2, -0.15) is 22.5 Å². The van der Waals surface area contributed by atoms with Crippen LogP contribution < -0.4 is 9.46 Å². The second kappa shape index (κ2) is 8.82. The highest BCUT2D eigenvalue weighted by Crippen LogP contribution is 2.26. The molecule has 8 nitrogen and oxygen atoms in total. The number of amides is 1. The molecule has 13 heteroatoms. The van der Waals surface area contributed by atoms with E-state index in [-0.39, 0.29) is 23.2 Å². The minimum atomic E-state index is -5.11. The molecule has 1 heterocycles. The number of aliphatic imine (C=N–C) groups is 1. The maximum atomic E-state index is 12.4. The number of nitrogens with one attached hydrogen (secondary N) is 1.